The molecule has 1 aliphatic rings. The van der Waals surface area contributed by atoms with Crippen molar-refractivity contribution in [2.75, 3.05) is 31.1 Å². The second kappa shape index (κ2) is 6.71. The normalized spacial score (nSPS) is 19.1. The number of sulfone groups is 1. The number of carbonyl (C=O) groups is 1. The van der Waals surface area contributed by atoms with Crippen molar-refractivity contribution in [2.24, 2.45) is 0 Å². The van der Waals surface area contributed by atoms with Crippen LogP contribution < -0.4 is 0 Å². The van der Waals surface area contributed by atoms with E-state index in [0.29, 0.717) is 25.9 Å². The Morgan fingerprint density at radius 3 is 2.43 bits per heavy atom. The number of benzene rings is 1. The molecule has 0 N–H and O–H groups in total. The lowest BCUT2D eigenvalue weighted by molar-refractivity contribution is 0.0965. The van der Waals surface area contributed by atoms with E-state index >= 15 is 0 Å². The zero-order valence-corrected chi connectivity index (χ0v) is 13.6. The molecule has 1 aromatic carbocycles. The van der Waals surface area contributed by atoms with Crippen molar-refractivity contribution >= 4 is 15.6 Å². The van der Waals surface area contributed by atoms with Crippen LogP contribution in [0.25, 0.3) is 0 Å². The molecule has 0 unspecified atom stereocenters. The quantitative estimate of drug-likeness (QED) is 0.798. The summed E-state index contributed by atoms with van der Waals surface area (Å²) in [5.41, 5.74) is 2.95. The van der Waals surface area contributed by atoms with Crippen molar-refractivity contribution in [1.82, 2.24) is 4.90 Å². The summed E-state index contributed by atoms with van der Waals surface area (Å²) in [5.74, 6) is 0.619. The summed E-state index contributed by atoms with van der Waals surface area (Å²) in [6, 6.07) is 5.89. The van der Waals surface area contributed by atoms with Crippen molar-refractivity contribution in [3.05, 3.63) is 34.9 Å². The van der Waals surface area contributed by atoms with Gasteiger partial charge < -0.3 is 4.90 Å². The summed E-state index contributed by atoms with van der Waals surface area (Å²) in [4.78, 5) is 14.3. The summed E-state index contributed by atoms with van der Waals surface area (Å²) in [6.07, 6.45) is 1.11. The lowest BCUT2D eigenvalue weighted by Gasteiger charge is -2.18. The third kappa shape index (κ3) is 4.93. The van der Waals surface area contributed by atoms with Gasteiger partial charge in [0.05, 0.1) is 11.5 Å². The van der Waals surface area contributed by atoms with Gasteiger partial charge in [0.15, 0.2) is 15.6 Å². The third-order valence-electron chi connectivity index (χ3n) is 3.85. The molecule has 0 aliphatic carbocycles. The van der Waals surface area contributed by atoms with E-state index in [1.54, 1.807) is 0 Å². The first kappa shape index (κ1) is 16.2. The van der Waals surface area contributed by atoms with Crippen LogP contribution in [0.1, 0.15) is 34.3 Å². The van der Waals surface area contributed by atoms with Crippen LogP contribution in [0.15, 0.2) is 18.2 Å². The van der Waals surface area contributed by atoms with Gasteiger partial charge in [-0.15, -0.1) is 0 Å². The molecular formula is C16H23NO3S. The molecule has 1 aromatic rings. The van der Waals surface area contributed by atoms with Crippen LogP contribution >= 0.6 is 0 Å². The molecule has 1 heterocycles. The first-order valence-corrected chi connectivity index (χ1v) is 9.22. The van der Waals surface area contributed by atoms with Crippen LogP contribution in [0.4, 0.5) is 0 Å². The third-order valence-corrected chi connectivity index (χ3v) is 5.56. The second-order valence-electron chi connectivity index (χ2n) is 5.90. The summed E-state index contributed by atoms with van der Waals surface area (Å²) < 4.78 is 23.1. The minimum absolute atomic E-state index is 0.133. The Morgan fingerprint density at radius 1 is 1.10 bits per heavy atom. The summed E-state index contributed by atoms with van der Waals surface area (Å²) in [7, 11) is -2.88. The van der Waals surface area contributed by atoms with Gasteiger partial charge in [-0.1, -0.05) is 17.2 Å². The molecule has 5 heteroatoms. The molecule has 116 valence electrons. The molecule has 2 rings (SSSR count). The van der Waals surface area contributed by atoms with Crippen molar-refractivity contribution in [2.45, 2.75) is 26.7 Å². The maximum atomic E-state index is 12.3. The molecule has 21 heavy (non-hydrogen) atoms. The highest BCUT2D eigenvalue weighted by Crippen LogP contribution is 2.12. The number of aryl methyl sites for hydroxylation is 2. The number of carbonyl (C=O) groups excluding carboxylic acids is 1. The van der Waals surface area contributed by atoms with Crippen molar-refractivity contribution < 1.29 is 13.2 Å². The van der Waals surface area contributed by atoms with Gasteiger partial charge in [-0.25, -0.2) is 8.42 Å². The van der Waals surface area contributed by atoms with Gasteiger partial charge >= 0.3 is 0 Å². The molecule has 0 atom stereocenters. The van der Waals surface area contributed by atoms with E-state index in [4.69, 9.17) is 0 Å². The van der Waals surface area contributed by atoms with E-state index in [9.17, 15) is 13.2 Å². The van der Waals surface area contributed by atoms with Crippen LogP contribution in [0.2, 0.25) is 0 Å². The fourth-order valence-electron chi connectivity index (χ4n) is 2.75. The zero-order valence-electron chi connectivity index (χ0n) is 12.8. The Morgan fingerprint density at radius 2 is 1.76 bits per heavy atom. The minimum Gasteiger partial charge on any atom is -0.302 e. The lowest BCUT2D eigenvalue weighted by atomic mass is 10.0. The average molecular weight is 309 g/mol. The van der Waals surface area contributed by atoms with Crippen LogP contribution in [-0.2, 0) is 9.84 Å². The van der Waals surface area contributed by atoms with E-state index in [-0.39, 0.29) is 17.3 Å². The van der Waals surface area contributed by atoms with E-state index in [1.807, 2.05) is 26.0 Å². The molecule has 4 nitrogen and oxygen atoms in total. The first-order valence-electron chi connectivity index (χ1n) is 7.40. The van der Waals surface area contributed by atoms with Crippen LogP contribution in [0.5, 0.6) is 0 Å². The van der Waals surface area contributed by atoms with E-state index in [2.05, 4.69) is 11.0 Å². The number of hydrogen-bond acceptors (Lipinski definition) is 4. The largest absolute Gasteiger partial charge is 0.302 e. The molecule has 1 fully saturated rings. The predicted octanol–water partition coefficient (Wildman–Crippen LogP) is 2.00. The molecule has 1 aliphatic heterocycles. The molecule has 1 saturated heterocycles. The second-order valence-corrected chi connectivity index (χ2v) is 8.20. The van der Waals surface area contributed by atoms with E-state index < -0.39 is 9.84 Å². The smallest absolute Gasteiger partial charge is 0.164 e. The van der Waals surface area contributed by atoms with Gasteiger partial charge in [-0.05, 0) is 38.9 Å². The SMILES string of the molecule is Cc1cc(C)cc(C(=O)CCN2CCCS(=O)(=O)CC2)c1. The number of nitrogens with zero attached hydrogens (tertiary/aromatic N) is 1. The lowest BCUT2D eigenvalue weighted by Crippen LogP contribution is -2.29. The minimum atomic E-state index is -2.88. The highest BCUT2D eigenvalue weighted by atomic mass is 32.2. The standard InChI is InChI=1S/C16H23NO3S/c1-13-10-14(2)12-15(11-13)16(18)4-6-17-5-3-8-21(19,20)9-7-17/h10-12H,3-9H2,1-2H3. The Bertz CT molecular complexity index is 602. The molecular weight excluding hydrogens is 286 g/mol. The maximum Gasteiger partial charge on any atom is 0.164 e. The summed E-state index contributed by atoms with van der Waals surface area (Å²) in [5, 5.41) is 0. The number of hydrogen-bond donors (Lipinski definition) is 0. The summed E-state index contributed by atoms with van der Waals surface area (Å²) in [6.45, 7) is 5.93. The van der Waals surface area contributed by atoms with Gasteiger partial charge in [0.1, 0.15) is 0 Å². The van der Waals surface area contributed by atoms with Crippen LogP contribution in [-0.4, -0.2) is 50.2 Å². The van der Waals surface area contributed by atoms with Gasteiger partial charge in [0, 0.05) is 25.1 Å². The highest BCUT2D eigenvalue weighted by Gasteiger charge is 2.19. The molecule has 0 aromatic heterocycles. The Hall–Kier alpha value is -1.20. The molecule has 0 bridgehead atoms. The molecule has 0 amide bonds. The fourth-order valence-corrected chi connectivity index (χ4v) is 4.06. The highest BCUT2D eigenvalue weighted by molar-refractivity contribution is 7.91. The summed E-state index contributed by atoms with van der Waals surface area (Å²) >= 11 is 0. The van der Waals surface area contributed by atoms with Crippen LogP contribution in [0, 0.1) is 13.8 Å². The van der Waals surface area contributed by atoms with Crippen molar-refractivity contribution in [3.63, 3.8) is 0 Å². The monoisotopic (exact) mass is 309 g/mol. The van der Waals surface area contributed by atoms with Crippen molar-refractivity contribution in [1.29, 1.82) is 0 Å². The fraction of sp³-hybridized carbons (Fsp3) is 0.562. The van der Waals surface area contributed by atoms with Crippen molar-refractivity contribution in [3.8, 4) is 0 Å². The Balaban J connectivity index is 1.92. The van der Waals surface area contributed by atoms with E-state index in [0.717, 1.165) is 23.2 Å². The topological polar surface area (TPSA) is 54.5 Å². The van der Waals surface area contributed by atoms with Gasteiger partial charge in [0.25, 0.3) is 0 Å². The van der Waals surface area contributed by atoms with Gasteiger partial charge in [0.2, 0.25) is 0 Å². The Labute approximate surface area is 127 Å². The number of ketones is 1. The predicted molar refractivity (Wildman–Crippen MR) is 84.6 cm³/mol. The zero-order chi connectivity index (χ0) is 15.5. The number of rotatable bonds is 4. The van der Waals surface area contributed by atoms with Gasteiger partial charge in [-0.3, -0.25) is 4.79 Å². The Kier molecular flexibility index (Phi) is 5.17. The maximum absolute atomic E-state index is 12.3. The van der Waals surface area contributed by atoms with E-state index in [1.165, 1.54) is 0 Å². The molecule has 0 spiro atoms. The first-order chi connectivity index (χ1) is 9.85. The molecule has 0 radical (unpaired) electrons. The average Bonchev–Trinajstić information content (AvgIpc) is 2.56. The molecule has 0 saturated carbocycles. The van der Waals surface area contributed by atoms with Gasteiger partial charge in [-0.2, -0.15) is 0 Å². The number of Topliss-reactive ketones (excluding diaryl/α,β-unsaturated/α-hetero) is 1. The van der Waals surface area contributed by atoms with Crippen LogP contribution in [0.3, 0.4) is 0 Å².